The van der Waals surface area contributed by atoms with E-state index in [4.69, 9.17) is 0 Å². The molecule has 2 unspecified atom stereocenters. The molecule has 0 fully saturated rings. The predicted molar refractivity (Wildman–Crippen MR) is 202 cm³/mol. The number of fused-ring (bicyclic) bond motifs is 10. The molecule has 0 saturated heterocycles. The van der Waals surface area contributed by atoms with Crippen LogP contribution in [0.25, 0.3) is 43.5 Å². The zero-order valence-corrected chi connectivity index (χ0v) is 28.0. The van der Waals surface area contributed by atoms with Gasteiger partial charge in [0.05, 0.1) is 6.04 Å². The number of allylic oxidation sites excluding steroid dienone is 13. The fourth-order valence-corrected chi connectivity index (χ4v) is 10.5. The summed E-state index contributed by atoms with van der Waals surface area (Å²) in [6, 6.07) is 21.5. The van der Waals surface area contributed by atoms with E-state index in [-0.39, 0.29) is 11.5 Å². The summed E-state index contributed by atoms with van der Waals surface area (Å²) in [5, 5.41) is 4.18. The Morgan fingerprint density at radius 1 is 0.830 bits per heavy atom. The summed E-state index contributed by atoms with van der Waals surface area (Å²) < 4.78 is 4.13. The third-order valence-corrected chi connectivity index (χ3v) is 12.9. The highest BCUT2D eigenvalue weighted by atomic mass is 32.1. The zero-order chi connectivity index (χ0) is 31.3. The molecular weight excluding hydrogens is 587 g/mol. The van der Waals surface area contributed by atoms with Crippen LogP contribution in [0.5, 0.6) is 0 Å². The van der Waals surface area contributed by atoms with Crippen molar-refractivity contribution in [3.8, 4) is 0 Å². The van der Waals surface area contributed by atoms with Gasteiger partial charge in [-0.15, -0.1) is 11.3 Å². The summed E-state index contributed by atoms with van der Waals surface area (Å²) >= 11 is 2.05. The zero-order valence-electron chi connectivity index (χ0n) is 27.2. The van der Waals surface area contributed by atoms with Gasteiger partial charge in [-0.1, -0.05) is 111 Å². The quantitative estimate of drug-likeness (QED) is 0.188. The number of benzene rings is 3. The maximum atomic E-state index is 2.63. The monoisotopic (exact) mass is 625 g/mol. The maximum Gasteiger partial charge on any atom is 0.0563 e. The number of aryl methyl sites for hydroxylation is 1. The van der Waals surface area contributed by atoms with Gasteiger partial charge < -0.3 is 4.57 Å². The van der Waals surface area contributed by atoms with Crippen molar-refractivity contribution in [2.24, 2.45) is 0 Å². The number of para-hydroxylation sites is 1. The Balaban J connectivity index is 1.04. The second kappa shape index (κ2) is 10.3. The molecule has 0 amide bonds. The van der Waals surface area contributed by atoms with Crippen molar-refractivity contribution in [2.45, 2.75) is 69.7 Å². The molecule has 0 spiro atoms. The highest BCUT2D eigenvalue weighted by molar-refractivity contribution is 7.19. The highest BCUT2D eigenvalue weighted by Crippen LogP contribution is 2.56. The lowest BCUT2D eigenvalue weighted by molar-refractivity contribution is 0.606. The largest absolute Gasteiger partial charge is 0.333 e. The van der Waals surface area contributed by atoms with Crippen molar-refractivity contribution in [3.63, 3.8) is 0 Å². The third kappa shape index (κ3) is 4.07. The molecule has 5 aliphatic carbocycles. The summed E-state index contributed by atoms with van der Waals surface area (Å²) in [7, 11) is 0. The fourth-order valence-electron chi connectivity index (χ4n) is 9.16. The van der Waals surface area contributed by atoms with Gasteiger partial charge in [0.2, 0.25) is 0 Å². The van der Waals surface area contributed by atoms with Gasteiger partial charge >= 0.3 is 0 Å². The molecule has 2 aromatic heterocycles. The summed E-state index contributed by atoms with van der Waals surface area (Å²) in [6.07, 6.45) is 30.6. The van der Waals surface area contributed by atoms with Crippen LogP contribution in [0, 0.1) is 0 Å². The Labute approximate surface area is 281 Å². The Hall–Kier alpha value is -4.40. The minimum absolute atomic E-state index is 0.0239. The van der Waals surface area contributed by atoms with E-state index in [1.165, 1.54) is 82.9 Å². The van der Waals surface area contributed by atoms with Gasteiger partial charge in [-0.2, -0.15) is 0 Å². The second-order valence-corrected chi connectivity index (χ2v) is 15.7. The van der Waals surface area contributed by atoms with Crippen LogP contribution in [0.1, 0.15) is 85.0 Å². The maximum absolute atomic E-state index is 2.63. The number of nitrogens with zero attached hydrogens (tertiary/aromatic N) is 1. The van der Waals surface area contributed by atoms with E-state index in [0.717, 1.165) is 32.1 Å². The van der Waals surface area contributed by atoms with Crippen LogP contribution in [-0.2, 0) is 11.8 Å². The molecule has 5 aromatic rings. The van der Waals surface area contributed by atoms with Crippen molar-refractivity contribution >= 4 is 54.9 Å². The van der Waals surface area contributed by atoms with E-state index in [9.17, 15) is 0 Å². The smallest absolute Gasteiger partial charge is 0.0563 e. The topological polar surface area (TPSA) is 4.93 Å². The molecule has 230 valence electrons. The van der Waals surface area contributed by atoms with Crippen molar-refractivity contribution < 1.29 is 0 Å². The summed E-state index contributed by atoms with van der Waals surface area (Å²) in [5.41, 5.74) is 14.4. The van der Waals surface area contributed by atoms with Crippen LogP contribution in [0.4, 0.5) is 0 Å². The summed E-state index contributed by atoms with van der Waals surface area (Å²) in [4.78, 5) is 1.56. The predicted octanol–water partition coefficient (Wildman–Crippen LogP) is 12.5. The van der Waals surface area contributed by atoms with E-state index in [1.54, 1.807) is 4.88 Å². The molecule has 10 rings (SSSR count). The second-order valence-electron chi connectivity index (χ2n) is 14.6. The minimum atomic E-state index is -0.0239. The van der Waals surface area contributed by atoms with Crippen LogP contribution >= 0.6 is 11.3 Å². The Bertz CT molecular complexity index is 2390. The van der Waals surface area contributed by atoms with E-state index < -0.39 is 0 Å². The van der Waals surface area contributed by atoms with Gasteiger partial charge in [-0.05, 0) is 95.7 Å². The number of hydrogen-bond acceptors (Lipinski definition) is 1. The van der Waals surface area contributed by atoms with Crippen LogP contribution in [-0.4, -0.2) is 4.57 Å². The molecule has 0 bridgehead atoms. The first-order valence-corrected chi connectivity index (χ1v) is 18.3. The van der Waals surface area contributed by atoms with Crippen molar-refractivity contribution in [1.82, 2.24) is 4.57 Å². The van der Waals surface area contributed by atoms with Crippen LogP contribution in [0.3, 0.4) is 0 Å². The van der Waals surface area contributed by atoms with Crippen molar-refractivity contribution in [3.05, 3.63) is 153 Å². The standard InChI is InChI=1S/C45H39NS/c1-45(2)38-24-23-35-34-13-7-9-15-42(34)47-44(35)43(38)36-22-21-32(27-39(36)45)46-40-14-8-6-12-33(40)37-26-31(20-25-41(37)46)30-18-16-29(17-19-30)28-10-4-3-5-11-28/h3-4,6-8,10,12-14,16-18,20,22-27,30,32H,5,9,11,15,19,21H2,1-2H3. The molecule has 5 aliphatic rings. The summed E-state index contributed by atoms with van der Waals surface area (Å²) in [5.74, 6) is 0.417. The molecule has 47 heavy (non-hydrogen) atoms. The van der Waals surface area contributed by atoms with Gasteiger partial charge in [0.25, 0.3) is 0 Å². The lowest BCUT2D eigenvalue weighted by Crippen LogP contribution is -2.18. The van der Waals surface area contributed by atoms with Gasteiger partial charge in [0, 0.05) is 53.7 Å². The van der Waals surface area contributed by atoms with Crippen molar-refractivity contribution in [1.29, 1.82) is 0 Å². The molecule has 1 nitrogen and oxygen atoms in total. The first-order valence-electron chi connectivity index (χ1n) is 17.5. The summed E-state index contributed by atoms with van der Waals surface area (Å²) in [6.45, 7) is 4.88. The van der Waals surface area contributed by atoms with E-state index in [0.29, 0.717) is 5.92 Å². The molecule has 0 N–H and O–H groups in total. The van der Waals surface area contributed by atoms with Gasteiger partial charge in [0.1, 0.15) is 0 Å². The molecule has 2 heteroatoms. The molecule has 0 radical (unpaired) electrons. The number of hydrogen-bond donors (Lipinski definition) is 0. The normalized spacial score (nSPS) is 22.6. The Morgan fingerprint density at radius 2 is 1.72 bits per heavy atom. The molecular formula is C45H39NS. The van der Waals surface area contributed by atoms with E-state index in [1.807, 2.05) is 11.3 Å². The average Bonchev–Trinajstić information content (AvgIpc) is 3.74. The molecule has 0 saturated carbocycles. The SMILES string of the molecule is CC1(C)C2=CC(n3c4ccccc4c4cc(C5C=CC(C6=CC=CCC6)=CC5)ccc43)CC=C2c2c1ccc1c3c(sc21)CCC=C3. The van der Waals surface area contributed by atoms with Gasteiger partial charge in [-0.3, -0.25) is 0 Å². The molecule has 2 atom stereocenters. The molecule has 2 heterocycles. The lowest BCUT2D eigenvalue weighted by Gasteiger charge is -2.28. The lowest BCUT2D eigenvalue weighted by atomic mass is 9.79. The Morgan fingerprint density at radius 3 is 2.60 bits per heavy atom. The number of rotatable bonds is 3. The van der Waals surface area contributed by atoms with Crippen LogP contribution in [0.15, 0.2) is 126 Å². The molecule has 3 aromatic carbocycles. The van der Waals surface area contributed by atoms with Crippen molar-refractivity contribution in [2.75, 3.05) is 0 Å². The third-order valence-electron chi connectivity index (χ3n) is 11.6. The highest BCUT2D eigenvalue weighted by Gasteiger charge is 2.42. The van der Waals surface area contributed by atoms with Crippen LogP contribution < -0.4 is 0 Å². The number of aromatic nitrogens is 1. The molecule has 0 aliphatic heterocycles. The van der Waals surface area contributed by atoms with E-state index >= 15 is 0 Å². The first kappa shape index (κ1) is 27.7. The Kier molecular flexibility index (Phi) is 6.07. The van der Waals surface area contributed by atoms with Gasteiger partial charge in [0.15, 0.2) is 0 Å². The van der Waals surface area contributed by atoms with E-state index in [2.05, 4.69) is 134 Å². The number of thiophene rings is 1. The van der Waals surface area contributed by atoms with Gasteiger partial charge in [-0.25, -0.2) is 0 Å². The fraction of sp³-hybridized carbons (Fsp3) is 0.244. The minimum Gasteiger partial charge on any atom is -0.333 e. The average molecular weight is 626 g/mol. The van der Waals surface area contributed by atoms with Crippen LogP contribution in [0.2, 0.25) is 0 Å². The first-order chi connectivity index (χ1) is 23.1.